The first-order chi connectivity index (χ1) is 42.4. The maximum atomic E-state index is 14.5. The number of rotatable bonds is 23. The standard InChI is InChI=1S/C64H73ClF3N9O9S3/c1-63(2)27-25-51(43-13-17-46(65)18-14-43)45(40-63)41-75-35-37-76(38-36-75)48-19-15-44(16-20-48)59(79)72-89(85,86)50-21-22-53(56(39-50)88(83,84)64(66,67)68)70-47(42-87-49-9-4-3-5-10-49)26-30-74-33-31-73(32-34-74)29-7-6-28-69-54-12-8-11-52-58(54)62(82)77(61(52)81)55-23-24-57(78)71-60(55)80/h3-5,8-22,39,47,55,69-70H,6-7,23-38,40-42H2,1-2H3,(H,72,79)(H,71,78,80)/t47-,55-/m1/s1. The summed E-state index contributed by atoms with van der Waals surface area (Å²) in [4.78, 5) is 73.5. The Hall–Kier alpha value is -6.80. The van der Waals surface area contributed by atoms with Gasteiger partial charge >= 0.3 is 5.51 Å². The molecule has 3 saturated heterocycles. The van der Waals surface area contributed by atoms with Crippen LogP contribution in [-0.2, 0) is 29.4 Å². The molecule has 0 saturated carbocycles. The topological polar surface area (TPSA) is 218 Å². The second kappa shape index (κ2) is 27.7. The minimum Gasteiger partial charge on any atom is -0.384 e. The number of amides is 5. The van der Waals surface area contributed by atoms with E-state index in [2.05, 4.69) is 61.5 Å². The van der Waals surface area contributed by atoms with Gasteiger partial charge in [-0.2, -0.15) is 13.2 Å². The molecule has 5 aromatic rings. The van der Waals surface area contributed by atoms with E-state index in [1.807, 2.05) is 47.2 Å². The molecule has 25 heteroatoms. The van der Waals surface area contributed by atoms with E-state index in [1.54, 1.807) is 30.3 Å². The van der Waals surface area contributed by atoms with E-state index in [9.17, 15) is 54.0 Å². The van der Waals surface area contributed by atoms with Gasteiger partial charge in [-0.1, -0.05) is 67.4 Å². The van der Waals surface area contributed by atoms with E-state index in [0.717, 1.165) is 99.0 Å². The molecule has 1 aliphatic carbocycles. The number of piperidine rings is 1. The van der Waals surface area contributed by atoms with Crippen LogP contribution in [0.2, 0.25) is 5.02 Å². The van der Waals surface area contributed by atoms with Gasteiger partial charge in [0, 0.05) is 117 Å². The number of nitrogens with one attached hydrogen (secondary N) is 4. The van der Waals surface area contributed by atoms with Crippen molar-refractivity contribution in [3.8, 4) is 0 Å². The van der Waals surface area contributed by atoms with E-state index in [0.29, 0.717) is 68.2 Å². The molecule has 474 valence electrons. The second-order valence-electron chi connectivity index (χ2n) is 24.0. The summed E-state index contributed by atoms with van der Waals surface area (Å²) in [6, 6.07) is 29.4. The lowest BCUT2D eigenvalue weighted by Gasteiger charge is -2.39. The number of hydrogen-bond acceptors (Lipinski definition) is 16. The van der Waals surface area contributed by atoms with Crippen molar-refractivity contribution in [2.75, 3.05) is 99.8 Å². The fourth-order valence-electron chi connectivity index (χ4n) is 12.2. The number of halogens is 4. The quantitative estimate of drug-likeness (QED) is 0.0272. The second-order valence-corrected chi connectivity index (χ2v) is 29.2. The third kappa shape index (κ3) is 15.7. The molecule has 0 radical (unpaired) electrons. The number of carbonyl (C=O) groups is 5. The molecule has 3 fully saturated rings. The lowest BCUT2D eigenvalue weighted by molar-refractivity contribution is -0.136. The van der Waals surface area contributed by atoms with E-state index in [-0.39, 0.29) is 34.9 Å². The number of sulfone groups is 1. The monoisotopic (exact) mass is 1300 g/mol. The predicted molar refractivity (Wildman–Crippen MR) is 338 cm³/mol. The number of imide groups is 2. The molecule has 4 N–H and O–H groups in total. The molecule has 2 atom stereocenters. The normalized spacial score (nSPS) is 19.3. The predicted octanol–water partition coefficient (Wildman–Crippen LogP) is 9.41. The highest BCUT2D eigenvalue weighted by Gasteiger charge is 2.49. The van der Waals surface area contributed by atoms with Crippen molar-refractivity contribution in [3.05, 3.63) is 148 Å². The number of piperazine rings is 2. The Balaban J connectivity index is 0.729. The molecule has 0 bridgehead atoms. The van der Waals surface area contributed by atoms with Crippen molar-refractivity contribution in [3.63, 3.8) is 0 Å². The third-order valence-corrected chi connectivity index (χ3v) is 21.5. The SMILES string of the molecule is CC1(C)CCC(c2ccc(Cl)cc2)=C(CN2CCN(c3ccc(C(=O)NS(=O)(=O)c4ccc(N[C@H](CCN5CCN(CCCCNc6cccc7c6C(=O)N([C@@H]6CCC(=O)NC6=O)C7=O)CC5)CSc5ccccc5)c(S(=O)(=O)C(F)(F)F)c4)cc3)CC2)C1. The van der Waals surface area contributed by atoms with E-state index >= 15 is 0 Å². The molecule has 18 nitrogen and oxygen atoms in total. The first kappa shape index (κ1) is 65.2. The van der Waals surface area contributed by atoms with Gasteiger partial charge in [0.1, 0.15) is 10.9 Å². The van der Waals surface area contributed by atoms with Crippen molar-refractivity contribution in [2.24, 2.45) is 5.41 Å². The lowest BCUT2D eigenvalue weighted by Crippen LogP contribution is -2.54. The zero-order valence-electron chi connectivity index (χ0n) is 49.6. The van der Waals surface area contributed by atoms with Gasteiger partial charge in [-0.05, 0) is 147 Å². The van der Waals surface area contributed by atoms with Crippen LogP contribution in [0.3, 0.4) is 0 Å². The Morgan fingerprint density at radius 3 is 2.13 bits per heavy atom. The van der Waals surface area contributed by atoms with Crippen LogP contribution in [0, 0.1) is 5.41 Å². The van der Waals surface area contributed by atoms with E-state index in [4.69, 9.17) is 11.6 Å². The van der Waals surface area contributed by atoms with Gasteiger partial charge in [-0.3, -0.25) is 39.1 Å². The fraction of sp³-hybridized carbons (Fsp3) is 0.422. The number of hydrogen-bond donors (Lipinski definition) is 4. The van der Waals surface area contributed by atoms with Gasteiger partial charge < -0.3 is 25.3 Å². The summed E-state index contributed by atoms with van der Waals surface area (Å²) >= 11 is 7.64. The molecule has 10 rings (SSSR count). The molecule has 4 aliphatic heterocycles. The van der Waals surface area contributed by atoms with Gasteiger partial charge in [-0.25, -0.2) is 21.6 Å². The van der Waals surface area contributed by atoms with E-state index in [1.165, 1.54) is 40.6 Å². The number of allylic oxidation sites excluding steroid dienone is 1. The molecule has 89 heavy (non-hydrogen) atoms. The number of fused-ring (bicyclic) bond motifs is 1. The zero-order chi connectivity index (χ0) is 63.3. The van der Waals surface area contributed by atoms with Crippen molar-refractivity contribution in [2.45, 2.75) is 97.5 Å². The summed E-state index contributed by atoms with van der Waals surface area (Å²) in [5.74, 6) is -3.02. The summed E-state index contributed by atoms with van der Waals surface area (Å²) in [5, 5.41) is 9.24. The van der Waals surface area contributed by atoms with Gasteiger partial charge in [-0.15, -0.1) is 11.8 Å². The number of thioether (sulfide) groups is 1. The van der Waals surface area contributed by atoms with Crippen molar-refractivity contribution < 1.29 is 54.0 Å². The summed E-state index contributed by atoms with van der Waals surface area (Å²) in [5.41, 5.74) is -0.346. The van der Waals surface area contributed by atoms with Crippen LogP contribution < -0.4 is 25.6 Å². The Kier molecular flexibility index (Phi) is 20.3. The van der Waals surface area contributed by atoms with Gasteiger partial charge in [0.15, 0.2) is 0 Å². The maximum absolute atomic E-state index is 14.5. The summed E-state index contributed by atoms with van der Waals surface area (Å²) in [7, 11) is -11.1. The van der Waals surface area contributed by atoms with E-state index < -0.39 is 82.5 Å². The number of sulfonamides is 1. The molecule has 5 aromatic carbocycles. The Labute approximate surface area is 526 Å². The lowest BCUT2D eigenvalue weighted by atomic mass is 9.73. The third-order valence-electron chi connectivity index (χ3n) is 17.2. The summed E-state index contributed by atoms with van der Waals surface area (Å²) in [6.45, 7) is 13.1. The smallest absolute Gasteiger partial charge is 0.384 e. The number of nitrogens with zero attached hydrogens (tertiary/aromatic N) is 5. The number of unbranched alkanes of at least 4 members (excludes halogenated alkanes) is 1. The average molecular weight is 1300 g/mol. The maximum Gasteiger partial charge on any atom is 0.501 e. The molecular weight excluding hydrogens is 1230 g/mol. The highest BCUT2D eigenvalue weighted by molar-refractivity contribution is 7.99. The Morgan fingerprint density at radius 2 is 1.45 bits per heavy atom. The van der Waals surface area contributed by atoms with Crippen LogP contribution in [0.5, 0.6) is 0 Å². The minimum absolute atomic E-state index is 0.0236. The van der Waals surface area contributed by atoms with Crippen LogP contribution in [0.1, 0.15) is 102 Å². The van der Waals surface area contributed by atoms with Crippen LogP contribution in [-0.4, -0.2) is 168 Å². The molecule has 0 spiro atoms. The number of carbonyl (C=O) groups excluding carboxylic acids is 5. The van der Waals surface area contributed by atoms with Crippen molar-refractivity contribution in [1.82, 2.24) is 29.6 Å². The zero-order valence-corrected chi connectivity index (χ0v) is 52.8. The van der Waals surface area contributed by atoms with Crippen LogP contribution in [0.25, 0.3) is 5.57 Å². The number of alkyl halides is 3. The van der Waals surface area contributed by atoms with Gasteiger partial charge in [0.05, 0.1) is 21.7 Å². The summed E-state index contributed by atoms with van der Waals surface area (Å²) < 4.78 is 99.8. The minimum atomic E-state index is -6.14. The highest BCUT2D eigenvalue weighted by atomic mass is 35.5. The largest absolute Gasteiger partial charge is 0.501 e. The van der Waals surface area contributed by atoms with Gasteiger partial charge in [0.25, 0.3) is 37.6 Å². The molecule has 5 amide bonds. The van der Waals surface area contributed by atoms with Crippen LogP contribution in [0.15, 0.2) is 136 Å². The van der Waals surface area contributed by atoms with Crippen LogP contribution >= 0.6 is 23.4 Å². The fourth-order valence-corrected chi connectivity index (χ4v) is 15.4. The highest BCUT2D eigenvalue weighted by Crippen LogP contribution is 2.43. The summed E-state index contributed by atoms with van der Waals surface area (Å²) in [6.07, 6.45) is 5.12. The molecule has 0 aromatic heterocycles. The van der Waals surface area contributed by atoms with Crippen molar-refractivity contribution >= 4 is 95.4 Å². The first-order valence-electron chi connectivity index (χ1n) is 30.0. The molecular formula is C64H73ClF3N9O9S3. The Bertz CT molecular complexity index is 3710. The van der Waals surface area contributed by atoms with Crippen LogP contribution in [0.4, 0.5) is 30.2 Å². The molecule has 5 aliphatic rings. The first-order valence-corrected chi connectivity index (χ1v) is 34.3. The number of benzene rings is 5. The van der Waals surface area contributed by atoms with Crippen molar-refractivity contribution in [1.29, 1.82) is 0 Å². The molecule has 0 unspecified atom stereocenters. The molecule has 4 heterocycles. The Morgan fingerprint density at radius 1 is 0.764 bits per heavy atom. The van der Waals surface area contributed by atoms with Gasteiger partial charge in [0.2, 0.25) is 11.8 Å². The average Bonchev–Trinajstić information content (AvgIpc) is 1.62. The number of anilines is 3.